The lowest BCUT2D eigenvalue weighted by molar-refractivity contribution is -0.148. The van der Waals surface area contributed by atoms with Gasteiger partial charge in [-0.25, -0.2) is 0 Å². The van der Waals surface area contributed by atoms with Crippen molar-refractivity contribution < 1.29 is 14.6 Å². The maximum atomic E-state index is 11.6. The van der Waals surface area contributed by atoms with Crippen LogP contribution in [-0.4, -0.2) is 41.7 Å². The van der Waals surface area contributed by atoms with Crippen molar-refractivity contribution in [2.24, 2.45) is 5.41 Å². The van der Waals surface area contributed by atoms with Crippen LogP contribution in [0.3, 0.4) is 0 Å². The van der Waals surface area contributed by atoms with Crippen molar-refractivity contribution in [3.8, 4) is 5.75 Å². The zero-order valence-corrected chi connectivity index (χ0v) is 12.5. The Morgan fingerprint density at radius 3 is 3.00 bits per heavy atom. The number of carbonyl (C=O) groups is 1. The molecule has 2 heterocycles. The van der Waals surface area contributed by atoms with E-state index in [0.717, 1.165) is 44.5 Å². The molecule has 0 spiro atoms. The molecular formula is C17H23NO3. The fourth-order valence-electron chi connectivity index (χ4n) is 3.72. The second kappa shape index (κ2) is 5.68. The molecule has 2 aliphatic rings. The molecule has 1 aromatic rings. The van der Waals surface area contributed by atoms with Gasteiger partial charge >= 0.3 is 5.97 Å². The smallest absolute Gasteiger partial charge is 0.310 e. The SMILES string of the molecule is CCCC1(C(=O)O)CCN(CC2Cc3ccccc3O2)C1. The maximum Gasteiger partial charge on any atom is 0.310 e. The van der Waals surface area contributed by atoms with E-state index >= 15 is 0 Å². The standard InChI is InChI=1S/C17H23NO3/c1-2-7-17(16(19)20)8-9-18(12-17)11-14-10-13-5-3-4-6-15(13)21-14/h3-6,14H,2,7-12H2,1H3,(H,19,20). The third-order valence-electron chi connectivity index (χ3n) is 4.79. The number of nitrogens with zero attached hydrogens (tertiary/aromatic N) is 1. The van der Waals surface area contributed by atoms with Crippen molar-refractivity contribution in [3.63, 3.8) is 0 Å². The third kappa shape index (κ3) is 2.77. The lowest BCUT2D eigenvalue weighted by Crippen LogP contribution is -2.38. The van der Waals surface area contributed by atoms with Crippen molar-refractivity contribution >= 4 is 5.97 Å². The van der Waals surface area contributed by atoms with Gasteiger partial charge in [-0.2, -0.15) is 0 Å². The Labute approximate surface area is 125 Å². The first-order valence-corrected chi connectivity index (χ1v) is 7.83. The minimum atomic E-state index is -0.637. The molecule has 1 fully saturated rings. The van der Waals surface area contributed by atoms with E-state index in [2.05, 4.69) is 17.9 Å². The summed E-state index contributed by atoms with van der Waals surface area (Å²) in [7, 11) is 0. The number of rotatable bonds is 5. The van der Waals surface area contributed by atoms with Gasteiger partial charge < -0.3 is 9.84 Å². The van der Waals surface area contributed by atoms with Gasteiger partial charge in [0.25, 0.3) is 0 Å². The van der Waals surface area contributed by atoms with Crippen molar-refractivity contribution in [1.82, 2.24) is 4.90 Å². The highest BCUT2D eigenvalue weighted by molar-refractivity contribution is 5.75. The van der Waals surface area contributed by atoms with Crippen LogP contribution in [0.15, 0.2) is 24.3 Å². The predicted octanol–water partition coefficient (Wildman–Crippen LogP) is 2.57. The van der Waals surface area contributed by atoms with Gasteiger partial charge in [-0.3, -0.25) is 9.69 Å². The van der Waals surface area contributed by atoms with Crippen LogP contribution in [0.4, 0.5) is 0 Å². The average molecular weight is 289 g/mol. The van der Waals surface area contributed by atoms with Crippen molar-refractivity contribution in [2.75, 3.05) is 19.6 Å². The Hall–Kier alpha value is -1.55. The molecule has 1 aromatic carbocycles. The first kappa shape index (κ1) is 14.4. The second-order valence-corrected chi connectivity index (χ2v) is 6.37. The zero-order valence-electron chi connectivity index (χ0n) is 12.5. The number of carboxylic acid groups (broad SMARTS) is 1. The number of para-hydroxylation sites is 1. The Kier molecular flexibility index (Phi) is 3.89. The van der Waals surface area contributed by atoms with Crippen LogP contribution in [0.5, 0.6) is 5.75 Å². The van der Waals surface area contributed by atoms with E-state index < -0.39 is 11.4 Å². The summed E-state index contributed by atoms with van der Waals surface area (Å²) >= 11 is 0. The van der Waals surface area contributed by atoms with Crippen LogP contribution in [-0.2, 0) is 11.2 Å². The lowest BCUT2D eigenvalue weighted by Gasteiger charge is -2.25. The van der Waals surface area contributed by atoms with Crippen molar-refractivity contribution in [1.29, 1.82) is 0 Å². The van der Waals surface area contributed by atoms with E-state index in [1.54, 1.807) is 0 Å². The van der Waals surface area contributed by atoms with Crippen molar-refractivity contribution in [2.45, 2.75) is 38.7 Å². The normalized spacial score (nSPS) is 28.3. The van der Waals surface area contributed by atoms with Crippen LogP contribution >= 0.6 is 0 Å². The number of aliphatic carboxylic acids is 1. The highest BCUT2D eigenvalue weighted by atomic mass is 16.5. The Bertz CT molecular complexity index is 506. The summed E-state index contributed by atoms with van der Waals surface area (Å²) in [5, 5.41) is 9.56. The molecule has 4 heteroatoms. The van der Waals surface area contributed by atoms with Gasteiger partial charge in [0.1, 0.15) is 11.9 Å². The lowest BCUT2D eigenvalue weighted by atomic mass is 9.83. The fraction of sp³-hybridized carbons (Fsp3) is 0.588. The van der Waals surface area contributed by atoms with Crippen LogP contribution in [0, 0.1) is 5.41 Å². The predicted molar refractivity (Wildman–Crippen MR) is 80.6 cm³/mol. The molecule has 3 rings (SSSR count). The largest absolute Gasteiger partial charge is 0.488 e. The Balaban J connectivity index is 1.60. The molecule has 21 heavy (non-hydrogen) atoms. The quantitative estimate of drug-likeness (QED) is 0.905. The molecule has 2 unspecified atom stereocenters. The van der Waals surface area contributed by atoms with Gasteiger partial charge in [-0.1, -0.05) is 31.5 Å². The van der Waals surface area contributed by atoms with Gasteiger partial charge in [-0.15, -0.1) is 0 Å². The highest BCUT2D eigenvalue weighted by Gasteiger charge is 2.44. The van der Waals surface area contributed by atoms with Gasteiger partial charge in [0.05, 0.1) is 5.41 Å². The summed E-state index contributed by atoms with van der Waals surface area (Å²) < 4.78 is 5.97. The van der Waals surface area contributed by atoms with Crippen molar-refractivity contribution in [3.05, 3.63) is 29.8 Å². The van der Waals surface area contributed by atoms with Crippen LogP contribution in [0.25, 0.3) is 0 Å². The number of hydrogen-bond donors (Lipinski definition) is 1. The molecule has 2 atom stereocenters. The van der Waals surface area contributed by atoms with E-state index in [9.17, 15) is 9.90 Å². The number of hydrogen-bond acceptors (Lipinski definition) is 3. The summed E-state index contributed by atoms with van der Waals surface area (Å²) in [6.07, 6.45) is 3.54. The molecular weight excluding hydrogens is 266 g/mol. The van der Waals surface area contributed by atoms with E-state index in [4.69, 9.17) is 4.74 Å². The number of benzene rings is 1. The number of carboxylic acids is 1. The van der Waals surface area contributed by atoms with E-state index in [-0.39, 0.29) is 6.10 Å². The summed E-state index contributed by atoms with van der Waals surface area (Å²) in [6.45, 7) is 4.41. The monoisotopic (exact) mass is 289 g/mol. The number of likely N-dealkylation sites (tertiary alicyclic amines) is 1. The minimum absolute atomic E-state index is 0.161. The summed E-state index contributed by atoms with van der Waals surface area (Å²) in [4.78, 5) is 13.9. The molecule has 1 saturated heterocycles. The molecule has 0 amide bonds. The average Bonchev–Trinajstić information content (AvgIpc) is 3.04. The van der Waals surface area contributed by atoms with Gasteiger partial charge in [0.15, 0.2) is 0 Å². The molecule has 0 aliphatic carbocycles. The first-order chi connectivity index (χ1) is 10.1. The van der Waals surface area contributed by atoms with E-state index in [1.165, 1.54) is 5.56 Å². The van der Waals surface area contributed by atoms with Gasteiger partial charge in [-0.05, 0) is 31.0 Å². The topological polar surface area (TPSA) is 49.8 Å². The molecule has 2 aliphatic heterocycles. The molecule has 114 valence electrons. The summed E-state index contributed by atoms with van der Waals surface area (Å²) in [5.41, 5.74) is 0.722. The number of ether oxygens (including phenoxy) is 1. The highest BCUT2D eigenvalue weighted by Crippen LogP contribution is 2.36. The van der Waals surface area contributed by atoms with E-state index in [0.29, 0.717) is 6.54 Å². The fourth-order valence-corrected chi connectivity index (χ4v) is 3.72. The Morgan fingerprint density at radius 2 is 2.29 bits per heavy atom. The van der Waals surface area contributed by atoms with Gasteiger partial charge in [0.2, 0.25) is 0 Å². The minimum Gasteiger partial charge on any atom is -0.488 e. The number of fused-ring (bicyclic) bond motifs is 1. The molecule has 0 aromatic heterocycles. The molecule has 0 radical (unpaired) electrons. The van der Waals surface area contributed by atoms with E-state index in [1.807, 2.05) is 18.2 Å². The molecule has 0 bridgehead atoms. The maximum absolute atomic E-state index is 11.6. The third-order valence-corrected chi connectivity index (χ3v) is 4.79. The summed E-state index contributed by atoms with van der Waals surface area (Å²) in [6, 6.07) is 8.15. The van der Waals surface area contributed by atoms with Crippen LogP contribution in [0.1, 0.15) is 31.7 Å². The molecule has 4 nitrogen and oxygen atoms in total. The summed E-state index contributed by atoms with van der Waals surface area (Å²) in [5.74, 6) is 0.349. The van der Waals surface area contributed by atoms with Crippen LogP contribution in [0.2, 0.25) is 0 Å². The first-order valence-electron chi connectivity index (χ1n) is 7.83. The van der Waals surface area contributed by atoms with Crippen LogP contribution < -0.4 is 4.74 Å². The second-order valence-electron chi connectivity index (χ2n) is 6.37. The van der Waals surface area contributed by atoms with Gasteiger partial charge in [0, 0.05) is 19.5 Å². The zero-order chi connectivity index (χ0) is 14.9. The Morgan fingerprint density at radius 1 is 1.48 bits per heavy atom. The molecule has 0 saturated carbocycles. The molecule has 1 N–H and O–H groups in total.